The quantitative estimate of drug-likeness (QED) is 0.679. The summed E-state index contributed by atoms with van der Waals surface area (Å²) in [6, 6.07) is 8.58. The Morgan fingerprint density at radius 2 is 1.97 bits per heavy atom. The molecule has 0 bridgehead atoms. The van der Waals surface area contributed by atoms with E-state index < -0.39 is 0 Å². The molecule has 0 unspecified atom stereocenters. The van der Waals surface area contributed by atoms with E-state index in [-0.39, 0.29) is 30.6 Å². The van der Waals surface area contributed by atoms with E-state index in [1.165, 1.54) is 4.90 Å². The maximum atomic E-state index is 13.1. The highest BCUT2D eigenvalue weighted by molar-refractivity contribution is 6.36. The van der Waals surface area contributed by atoms with Crippen molar-refractivity contribution >= 4 is 40.8 Å². The fourth-order valence-corrected chi connectivity index (χ4v) is 3.60. The van der Waals surface area contributed by atoms with Gasteiger partial charge in [0.15, 0.2) is 0 Å². The Hall–Kier alpha value is -2.18. The average Bonchev–Trinajstić information content (AvgIpc) is 3.41. The SMILES string of the molecule is CC(C)N(CC(=O)N(Cc1cccn1C)C1CC1)C(=O)Nc1ccc(Cl)cc1Cl. The molecule has 3 rings (SSSR count). The first-order valence-corrected chi connectivity index (χ1v) is 10.4. The Balaban J connectivity index is 1.70. The van der Waals surface area contributed by atoms with Crippen LogP contribution in [-0.4, -0.2) is 44.9 Å². The minimum absolute atomic E-state index is 0.00956. The highest BCUT2D eigenvalue weighted by Crippen LogP contribution is 2.29. The summed E-state index contributed by atoms with van der Waals surface area (Å²) in [6.45, 7) is 4.32. The van der Waals surface area contributed by atoms with Gasteiger partial charge < -0.3 is 19.7 Å². The van der Waals surface area contributed by atoms with Crippen LogP contribution in [0.1, 0.15) is 32.4 Å². The van der Waals surface area contributed by atoms with E-state index in [2.05, 4.69) is 5.32 Å². The van der Waals surface area contributed by atoms with Crippen LogP contribution < -0.4 is 5.32 Å². The van der Waals surface area contributed by atoms with Crippen LogP contribution in [0.4, 0.5) is 10.5 Å². The van der Waals surface area contributed by atoms with Gasteiger partial charge in [-0.3, -0.25) is 4.79 Å². The molecule has 1 aromatic heterocycles. The first kappa shape index (κ1) is 21.5. The van der Waals surface area contributed by atoms with Crippen molar-refractivity contribution < 1.29 is 9.59 Å². The standard InChI is InChI=1S/C21H26Cl2N4O2/c1-14(2)26(21(29)24-19-9-6-15(22)11-18(19)23)13-20(28)27(16-7-8-16)12-17-5-4-10-25(17)3/h4-6,9-11,14,16H,7-8,12-13H2,1-3H3,(H,24,29). The van der Waals surface area contributed by atoms with Crippen LogP contribution in [-0.2, 0) is 18.4 Å². The van der Waals surface area contributed by atoms with E-state index in [9.17, 15) is 9.59 Å². The lowest BCUT2D eigenvalue weighted by atomic mass is 10.3. The number of hydrogen-bond donors (Lipinski definition) is 1. The molecule has 0 radical (unpaired) electrons. The van der Waals surface area contributed by atoms with Gasteiger partial charge in [-0.2, -0.15) is 0 Å². The molecule has 0 spiro atoms. The molecule has 3 amide bonds. The summed E-state index contributed by atoms with van der Waals surface area (Å²) in [5, 5.41) is 3.63. The smallest absolute Gasteiger partial charge is 0.322 e. The van der Waals surface area contributed by atoms with Gasteiger partial charge in [0, 0.05) is 36.0 Å². The lowest BCUT2D eigenvalue weighted by Crippen LogP contribution is -2.48. The Labute approximate surface area is 181 Å². The number of carbonyl (C=O) groups excluding carboxylic acids is 2. The number of urea groups is 1. The predicted octanol–water partition coefficient (Wildman–Crippen LogP) is 4.77. The zero-order valence-corrected chi connectivity index (χ0v) is 18.4. The molecular weight excluding hydrogens is 411 g/mol. The third-order valence-electron chi connectivity index (χ3n) is 5.05. The molecule has 1 fully saturated rings. The lowest BCUT2D eigenvalue weighted by molar-refractivity contribution is -0.133. The minimum Gasteiger partial charge on any atom is -0.353 e. The van der Waals surface area contributed by atoms with Crippen LogP contribution >= 0.6 is 23.2 Å². The van der Waals surface area contributed by atoms with Crippen LogP contribution in [0.2, 0.25) is 10.0 Å². The Morgan fingerprint density at radius 3 is 2.52 bits per heavy atom. The van der Waals surface area contributed by atoms with E-state index in [0.29, 0.717) is 22.3 Å². The number of anilines is 1. The normalized spacial score (nSPS) is 13.4. The minimum atomic E-state index is -0.368. The maximum absolute atomic E-state index is 13.1. The highest BCUT2D eigenvalue weighted by atomic mass is 35.5. The monoisotopic (exact) mass is 436 g/mol. The van der Waals surface area contributed by atoms with Crippen molar-refractivity contribution in [1.82, 2.24) is 14.4 Å². The van der Waals surface area contributed by atoms with Gasteiger partial charge in [-0.25, -0.2) is 4.79 Å². The first-order valence-electron chi connectivity index (χ1n) is 9.68. The van der Waals surface area contributed by atoms with Crippen molar-refractivity contribution in [2.45, 2.75) is 45.3 Å². The molecule has 2 aromatic rings. The van der Waals surface area contributed by atoms with Gasteiger partial charge in [0.2, 0.25) is 5.91 Å². The summed E-state index contributed by atoms with van der Waals surface area (Å²) in [5.74, 6) is -0.0558. The number of nitrogens with one attached hydrogen (secondary N) is 1. The lowest BCUT2D eigenvalue weighted by Gasteiger charge is -2.30. The van der Waals surface area contributed by atoms with Crippen molar-refractivity contribution in [2.24, 2.45) is 7.05 Å². The zero-order valence-electron chi connectivity index (χ0n) is 16.9. The third-order valence-corrected chi connectivity index (χ3v) is 5.60. The molecule has 0 saturated heterocycles. The van der Waals surface area contributed by atoms with Gasteiger partial charge in [0.1, 0.15) is 6.54 Å². The van der Waals surface area contributed by atoms with Crippen molar-refractivity contribution in [3.05, 3.63) is 52.3 Å². The predicted molar refractivity (Wildman–Crippen MR) is 116 cm³/mol. The molecule has 1 aliphatic carbocycles. The Kier molecular flexibility index (Phi) is 6.75. The van der Waals surface area contributed by atoms with E-state index in [0.717, 1.165) is 18.5 Å². The summed E-state index contributed by atoms with van der Waals surface area (Å²) < 4.78 is 2.01. The van der Waals surface area contributed by atoms with E-state index in [4.69, 9.17) is 23.2 Å². The van der Waals surface area contributed by atoms with Crippen LogP contribution in [0, 0.1) is 0 Å². The van der Waals surface area contributed by atoms with Crippen molar-refractivity contribution in [3.63, 3.8) is 0 Å². The molecule has 29 heavy (non-hydrogen) atoms. The molecule has 0 atom stereocenters. The van der Waals surface area contributed by atoms with E-state index in [1.54, 1.807) is 18.2 Å². The largest absolute Gasteiger partial charge is 0.353 e. The molecular formula is C21H26Cl2N4O2. The van der Waals surface area contributed by atoms with Gasteiger partial charge in [-0.15, -0.1) is 0 Å². The number of aromatic nitrogens is 1. The number of carbonyl (C=O) groups is 2. The molecule has 8 heteroatoms. The maximum Gasteiger partial charge on any atom is 0.322 e. The van der Waals surface area contributed by atoms with Crippen molar-refractivity contribution in [1.29, 1.82) is 0 Å². The van der Waals surface area contributed by atoms with Crippen molar-refractivity contribution in [2.75, 3.05) is 11.9 Å². The zero-order chi connectivity index (χ0) is 21.1. The van der Waals surface area contributed by atoms with Gasteiger partial charge in [-0.1, -0.05) is 23.2 Å². The number of aryl methyl sites for hydroxylation is 1. The van der Waals surface area contributed by atoms with Gasteiger partial charge in [-0.05, 0) is 57.0 Å². The van der Waals surface area contributed by atoms with E-state index >= 15 is 0 Å². The molecule has 1 aromatic carbocycles. The van der Waals surface area contributed by atoms with Crippen LogP contribution in [0.25, 0.3) is 0 Å². The van der Waals surface area contributed by atoms with Crippen LogP contribution in [0.5, 0.6) is 0 Å². The summed E-state index contributed by atoms with van der Waals surface area (Å²) in [4.78, 5) is 29.4. The summed E-state index contributed by atoms with van der Waals surface area (Å²) in [5.41, 5.74) is 1.53. The third kappa shape index (κ3) is 5.46. The molecule has 1 saturated carbocycles. The van der Waals surface area contributed by atoms with Gasteiger partial charge >= 0.3 is 6.03 Å². The van der Waals surface area contributed by atoms with Gasteiger partial charge in [0.25, 0.3) is 0 Å². The van der Waals surface area contributed by atoms with Gasteiger partial charge in [0.05, 0.1) is 17.3 Å². The summed E-state index contributed by atoms with van der Waals surface area (Å²) >= 11 is 12.1. The topological polar surface area (TPSA) is 57.6 Å². The number of halogens is 2. The molecule has 1 aliphatic rings. The molecule has 156 valence electrons. The molecule has 0 aliphatic heterocycles. The van der Waals surface area contributed by atoms with Crippen molar-refractivity contribution in [3.8, 4) is 0 Å². The van der Waals surface area contributed by atoms with Crippen LogP contribution in [0.3, 0.4) is 0 Å². The second kappa shape index (κ2) is 9.09. The summed E-state index contributed by atoms with van der Waals surface area (Å²) in [6.07, 6.45) is 3.98. The highest BCUT2D eigenvalue weighted by Gasteiger charge is 2.34. The number of hydrogen-bond acceptors (Lipinski definition) is 2. The Bertz CT molecular complexity index is 893. The molecule has 1 N–H and O–H groups in total. The number of rotatable bonds is 7. The summed E-state index contributed by atoms with van der Waals surface area (Å²) in [7, 11) is 1.97. The number of nitrogens with zero attached hydrogens (tertiary/aromatic N) is 3. The first-order chi connectivity index (χ1) is 13.8. The molecule has 1 heterocycles. The fraction of sp³-hybridized carbons (Fsp3) is 0.429. The number of amides is 3. The number of benzene rings is 1. The fourth-order valence-electron chi connectivity index (χ4n) is 3.15. The average molecular weight is 437 g/mol. The molecule has 6 nitrogen and oxygen atoms in total. The second-order valence-electron chi connectivity index (χ2n) is 7.64. The Morgan fingerprint density at radius 1 is 1.24 bits per heavy atom. The van der Waals surface area contributed by atoms with Crippen LogP contribution in [0.15, 0.2) is 36.5 Å². The second-order valence-corrected chi connectivity index (χ2v) is 8.48. The van der Waals surface area contributed by atoms with E-state index in [1.807, 2.05) is 48.7 Å².